The summed E-state index contributed by atoms with van der Waals surface area (Å²) in [5, 5.41) is 0. The van der Waals surface area contributed by atoms with Crippen molar-refractivity contribution in [2.75, 3.05) is 0 Å². The quantitative estimate of drug-likeness (QED) is 0.456. The number of hydrogen-bond acceptors (Lipinski definition) is 3. The lowest BCUT2D eigenvalue weighted by Gasteiger charge is -1.97. The van der Waals surface area contributed by atoms with Crippen LogP contribution in [-0.4, -0.2) is 11.9 Å². The molecule has 1 aliphatic rings. The molecule has 0 atom stereocenters. The average molecular weight is 156 g/mol. The van der Waals surface area contributed by atoms with E-state index in [0.717, 1.165) is 12.3 Å². The standard InChI is InChI=1S/C8H12O3/c1-6(9)11-8(10)5-4-7-2-3-7/h7H,2-5H2,1H3. The molecule has 1 aliphatic carbocycles. The highest BCUT2D eigenvalue weighted by Crippen LogP contribution is 2.33. The molecule has 0 amide bonds. The molecule has 62 valence electrons. The second kappa shape index (κ2) is 3.51. The summed E-state index contributed by atoms with van der Waals surface area (Å²) in [4.78, 5) is 21.0. The smallest absolute Gasteiger partial charge is 0.313 e. The molecular formula is C8H12O3. The summed E-state index contributed by atoms with van der Waals surface area (Å²) < 4.78 is 4.35. The molecule has 0 aromatic heterocycles. The van der Waals surface area contributed by atoms with E-state index in [4.69, 9.17) is 0 Å². The van der Waals surface area contributed by atoms with E-state index in [1.54, 1.807) is 0 Å². The summed E-state index contributed by atoms with van der Waals surface area (Å²) in [5.41, 5.74) is 0. The first-order valence-corrected chi connectivity index (χ1v) is 3.89. The Morgan fingerprint density at radius 3 is 2.55 bits per heavy atom. The lowest BCUT2D eigenvalue weighted by atomic mass is 10.2. The maximum Gasteiger partial charge on any atom is 0.313 e. The predicted octanol–water partition coefficient (Wildman–Crippen LogP) is 1.27. The fourth-order valence-electron chi connectivity index (χ4n) is 0.940. The fourth-order valence-corrected chi connectivity index (χ4v) is 0.940. The van der Waals surface area contributed by atoms with E-state index in [1.807, 2.05) is 0 Å². The average Bonchev–Trinajstić information content (AvgIpc) is 2.63. The van der Waals surface area contributed by atoms with Gasteiger partial charge in [-0.25, -0.2) is 0 Å². The van der Waals surface area contributed by atoms with E-state index in [2.05, 4.69) is 4.74 Å². The van der Waals surface area contributed by atoms with Crippen LogP contribution in [-0.2, 0) is 14.3 Å². The minimum atomic E-state index is -0.509. The van der Waals surface area contributed by atoms with Crippen molar-refractivity contribution in [1.29, 1.82) is 0 Å². The largest absolute Gasteiger partial charge is 0.393 e. The van der Waals surface area contributed by atoms with Gasteiger partial charge >= 0.3 is 11.9 Å². The van der Waals surface area contributed by atoms with Crippen LogP contribution in [0.4, 0.5) is 0 Å². The Bertz CT molecular complexity index is 170. The molecule has 0 aliphatic heterocycles. The normalized spacial score (nSPS) is 16.1. The Balaban J connectivity index is 2.04. The van der Waals surface area contributed by atoms with Crippen LogP contribution in [0.1, 0.15) is 32.6 Å². The van der Waals surface area contributed by atoms with Gasteiger partial charge in [0.15, 0.2) is 0 Å². The summed E-state index contributed by atoms with van der Waals surface area (Å²) in [6, 6.07) is 0. The molecule has 1 rings (SSSR count). The molecule has 0 heterocycles. The van der Waals surface area contributed by atoms with Crippen molar-refractivity contribution >= 4 is 11.9 Å². The van der Waals surface area contributed by atoms with Crippen molar-refractivity contribution in [2.24, 2.45) is 5.92 Å². The molecule has 11 heavy (non-hydrogen) atoms. The van der Waals surface area contributed by atoms with Crippen molar-refractivity contribution in [3.8, 4) is 0 Å². The Kier molecular flexibility index (Phi) is 2.63. The van der Waals surface area contributed by atoms with Gasteiger partial charge in [0.25, 0.3) is 0 Å². The third-order valence-electron chi connectivity index (χ3n) is 1.71. The van der Waals surface area contributed by atoms with E-state index in [-0.39, 0.29) is 5.97 Å². The zero-order valence-corrected chi connectivity index (χ0v) is 6.63. The lowest BCUT2D eigenvalue weighted by Crippen LogP contribution is -2.08. The minimum absolute atomic E-state index is 0.385. The van der Waals surface area contributed by atoms with Gasteiger partial charge in [0.2, 0.25) is 0 Å². The lowest BCUT2D eigenvalue weighted by molar-refractivity contribution is -0.158. The van der Waals surface area contributed by atoms with Crippen LogP contribution in [0.15, 0.2) is 0 Å². The second-order valence-electron chi connectivity index (χ2n) is 2.95. The first-order chi connectivity index (χ1) is 5.18. The zero-order chi connectivity index (χ0) is 8.27. The summed E-state index contributed by atoms with van der Waals surface area (Å²) in [6.45, 7) is 1.25. The first-order valence-electron chi connectivity index (χ1n) is 3.89. The fraction of sp³-hybridized carbons (Fsp3) is 0.750. The molecule has 0 spiro atoms. The molecule has 1 fully saturated rings. The van der Waals surface area contributed by atoms with Crippen molar-refractivity contribution < 1.29 is 14.3 Å². The minimum Gasteiger partial charge on any atom is -0.393 e. The Labute approximate surface area is 65.7 Å². The van der Waals surface area contributed by atoms with E-state index < -0.39 is 5.97 Å². The molecule has 0 aromatic rings. The molecule has 0 aromatic carbocycles. The van der Waals surface area contributed by atoms with Gasteiger partial charge in [0, 0.05) is 13.3 Å². The SMILES string of the molecule is CC(=O)OC(=O)CCC1CC1. The number of hydrogen-bond donors (Lipinski definition) is 0. The van der Waals surface area contributed by atoms with E-state index >= 15 is 0 Å². The van der Waals surface area contributed by atoms with Crippen LogP contribution >= 0.6 is 0 Å². The summed E-state index contributed by atoms with van der Waals surface area (Å²) in [7, 11) is 0. The van der Waals surface area contributed by atoms with Crippen LogP contribution in [0, 0.1) is 5.92 Å². The molecule has 1 saturated carbocycles. The molecule has 0 bridgehead atoms. The van der Waals surface area contributed by atoms with Gasteiger partial charge in [-0.2, -0.15) is 0 Å². The maximum absolute atomic E-state index is 10.7. The number of carbonyl (C=O) groups excluding carboxylic acids is 2. The first kappa shape index (κ1) is 8.24. The molecule has 3 nitrogen and oxygen atoms in total. The molecule has 3 heteroatoms. The molecule has 0 unspecified atom stereocenters. The van der Waals surface area contributed by atoms with Crippen molar-refractivity contribution in [3.63, 3.8) is 0 Å². The summed E-state index contributed by atoms with van der Waals surface area (Å²) >= 11 is 0. The third kappa shape index (κ3) is 3.75. The molecule has 0 saturated heterocycles. The van der Waals surface area contributed by atoms with E-state index in [0.29, 0.717) is 6.42 Å². The topological polar surface area (TPSA) is 43.4 Å². The highest BCUT2D eigenvalue weighted by Gasteiger charge is 2.22. The van der Waals surface area contributed by atoms with Crippen LogP contribution in [0.3, 0.4) is 0 Å². The highest BCUT2D eigenvalue weighted by molar-refractivity contribution is 5.83. The summed E-state index contributed by atoms with van der Waals surface area (Å²) in [6.07, 6.45) is 3.73. The van der Waals surface area contributed by atoms with Crippen LogP contribution in [0.2, 0.25) is 0 Å². The number of ether oxygens (including phenoxy) is 1. The van der Waals surface area contributed by atoms with Gasteiger partial charge in [-0.3, -0.25) is 9.59 Å². The summed E-state index contributed by atoms with van der Waals surface area (Å²) in [5.74, 6) is -0.176. The van der Waals surface area contributed by atoms with Gasteiger partial charge in [0.1, 0.15) is 0 Å². The second-order valence-corrected chi connectivity index (χ2v) is 2.95. The van der Waals surface area contributed by atoms with Gasteiger partial charge in [-0.1, -0.05) is 12.8 Å². The van der Waals surface area contributed by atoms with Crippen LogP contribution < -0.4 is 0 Å². The van der Waals surface area contributed by atoms with Gasteiger partial charge in [-0.05, 0) is 12.3 Å². The molecule has 0 N–H and O–H groups in total. The third-order valence-corrected chi connectivity index (χ3v) is 1.71. The van der Waals surface area contributed by atoms with Gasteiger partial charge < -0.3 is 4.74 Å². The molecular weight excluding hydrogens is 144 g/mol. The maximum atomic E-state index is 10.7. The number of rotatable bonds is 3. The number of esters is 2. The van der Waals surface area contributed by atoms with Gasteiger partial charge in [-0.15, -0.1) is 0 Å². The predicted molar refractivity (Wildman–Crippen MR) is 38.7 cm³/mol. The van der Waals surface area contributed by atoms with E-state index in [9.17, 15) is 9.59 Å². The van der Waals surface area contributed by atoms with Crippen molar-refractivity contribution in [1.82, 2.24) is 0 Å². The molecule has 0 radical (unpaired) electrons. The zero-order valence-electron chi connectivity index (χ0n) is 6.63. The van der Waals surface area contributed by atoms with E-state index in [1.165, 1.54) is 19.8 Å². The Hall–Kier alpha value is -0.860. The Morgan fingerprint density at radius 2 is 2.09 bits per heavy atom. The van der Waals surface area contributed by atoms with Crippen LogP contribution in [0.25, 0.3) is 0 Å². The highest BCUT2D eigenvalue weighted by atomic mass is 16.6. The number of carbonyl (C=O) groups is 2. The van der Waals surface area contributed by atoms with Crippen molar-refractivity contribution in [2.45, 2.75) is 32.6 Å². The monoisotopic (exact) mass is 156 g/mol. The van der Waals surface area contributed by atoms with Crippen molar-refractivity contribution in [3.05, 3.63) is 0 Å². The van der Waals surface area contributed by atoms with Crippen LogP contribution in [0.5, 0.6) is 0 Å². The van der Waals surface area contributed by atoms with Gasteiger partial charge in [0.05, 0.1) is 0 Å². The Morgan fingerprint density at radius 1 is 1.45 bits per heavy atom.